The minimum absolute atomic E-state index is 0.198. The first-order chi connectivity index (χ1) is 8.27. The maximum Gasteiger partial charge on any atom is 0.0795 e. The summed E-state index contributed by atoms with van der Waals surface area (Å²) >= 11 is 2.05. The lowest BCUT2D eigenvalue weighted by Crippen LogP contribution is -2.51. The first kappa shape index (κ1) is 12.3. The topological polar surface area (TPSA) is 30.5 Å². The second kappa shape index (κ2) is 5.08. The number of rotatable bonds is 2. The second-order valence-corrected chi connectivity index (χ2v) is 6.77. The molecule has 4 unspecified atom stereocenters. The molecule has 0 aromatic heterocycles. The Kier molecular flexibility index (Phi) is 3.67. The van der Waals surface area contributed by atoms with E-state index in [0.29, 0.717) is 18.2 Å². The van der Waals surface area contributed by atoms with Crippen LogP contribution in [0.3, 0.4) is 0 Å². The minimum Gasteiger partial charge on any atom is -0.377 e. The lowest BCUT2D eigenvalue weighted by Gasteiger charge is -2.39. The molecule has 0 aromatic carbocycles. The number of ether oxygens (including phenoxy) is 2. The summed E-state index contributed by atoms with van der Waals surface area (Å²) in [6, 6.07) is 1.20. The van der Waals surface area contributed by atoms with E-state index in [1.54, 1.807) is 0 Å². The van der Waals surface area contributed by atoms with Gasteiger partial charge in [0.1, 0.15) is 0 Å². The lowest BCUT2D eigenvalue weighted by molar-refractivity contribution is -0.0721. The van der Waals surface area contributed by atoms with Crippen LogP contribution in [-0.2, 0) is 9.47 Å². The second-order valence-electron chi connectivity index (χ2n) is 5.66. The SMILES string of the molecule is CC1OCCC1NC1CCOC2(CCSC2)C1. The maximum absolute atomic E-state index is 6.06. The van der Waals surface area contributed by atoms with Crippen molar-refractivity contribution in [2.45, 2.75) is 56.4 Å². The first-order valence-electron chi connectivity index (χ1n) is 6.87. The molecule has 3 rings (SSSR count). The zero-order valence-electron chi connectivity index (χ0n) is 10.6. The van der Waals surface area contributed by atoms with E-state index >= 15 is 0 Å². The predicted molar refractivity (Wildman–Crippen MR) is 70.6 cm³/mol. The van der Waals surface area contributed by atoms with Crippen LogP contribution in [0, 0.1) is 0 Å². The third kappa shape index (κ3) is 2.65. The summed E-state index contributed by atoms with van der Waals surface area (Å²) < 4.78 is 11.7. The average Bonchev–Trinajstić information content (AvgIpc) is 2.91. The van der Waals surface area contributed by atoms with E-state index in [1.165, 1.54) is 30.8 Å². The van der Waals surface area contributed by atoms with Crippen LogP contribution in [0.25, 0.3) is 0 Å². The molecule has 0 aliphatic carbocycles. The molecule has 0 radical (unpaired) electrons. The summed E-state index contributed by atoms with van der Waals surface area (Å²) in [5.41, 5.74) is 0.198. The molecule has 3 saturated heterocycles. The molecule has 3 nitrogen and oxygen atoms in total. The largest absolute Gasteiger partial charge is 0.377 e. The van der Waals surface area contributed by atoms with Crippen molar-refractivity contribution in [1.29, 1.82) is 0 Å². The van der Waals surface area contributed by atoms with Gasteiger partial charge in [0.15, 0.2) is 0 Å². The van der Waals surface area contributed by atoms with Gasteiger partial charge in [-0.15, -0.1) is 0 Å². The molecule has 3 heterocycles. The molecule has 98 valence electrons. The van der Waals surface area contributed by atoms with Gasteiger partial charge in [0, 0.05) is 31.1 Å². The van der Waals surface area contributed by atoms with Crippen LogP contribution < -0.4 is 5.32 Å². The van der Waals surface area contributed by atoms with E-state index in [1.807, 2.05) is 11.8 Å². The lowest BCUT2D eigenvalue weighted by atomic mass is 9.89. The third-order valence-electron chi connectivity index (χ3n) is 4.39. The highest BCUT2D eigenvalue weighted by Gasteiger charge is 2.41. The van der Waals surface area contributed by atoms with Crippen molar-refractivity contribution in [3.8, 4) is 0 Å². The van der Waals surface area contributed by atoms with Gasteiger partial charge in [0.25, 0.3) is 0 Å². The number of thioether (sulfide) groups is 1. The number of hydrogen-bond acceptors (Lipinski definition) is 4. The fraction of sp³-hybridized carbons (Fsp3) is 1.00. The Labute approximate surface area is 108 Å². The van der Waals surface area contributed by atoms with Crippen molar-refractivity contribution in [3.63, 3.8) is 0 Å². The van der Waals surface area contributed by atoms with Gasteiger partial charge < -0.3 is 14.8 Å². The quantitative estimate of drug-likeness (QED) is 0.817. The summed E-state index contributed by atoms with van der Waals surface area (Å²) in [4.78, 5) is 0. The van der Waals surface area contributed by atoms with E-state index in [2.05, 4.69) is 12.2 Å². The van der Waals surface area contributed by atoms with Crippen molar-refractivity contribution < 1.29 is 9.47 Å². The highest BCUT2D eigenvalue weighted by Crippen LogP contribution is 2.38. The van der Waals surface area contributed by atoms with Gasteiger partial charge >= 0.3 is 0 Å². The smallest absolute Gasteiger partial charge is 0.0795 e. The van der Waals surface area contributed by atoms with Crippen LogP contribution in [0.2, 0.25) is 0 Å². The van der Waals surface area contributed by atoms with E-state index < -0.39 is 0 Å². The third-order valence-corrected chi connectivity index (χ3v) is 5.61. The van der Waals surface area contributed by atoms with E-state index in [9.17, 15) is 0 Å². The summed E-state index contributed by atoms with van der Waals surface area (Å²) in [6.07, 6.45) is 5.15. The Hall–Kier alpha value is 0.230. The molecule has 3 aliphatic rings. The zero-order chi connectivity index (χ0) is 11.7. The molecule has 0 amide bonds. The Bertz CT molecular complexity index is 268. The average molecular weight is 257 g/mol. The standard InChI is InChI=1S/C13H23NO2S/c1-10-12(3-5-15-10)14-11-2-6-16-13(8-11)4-7-17-9-13/h10-12,14H,2-9H2,1H3. The highest BCUT2D eigenvalue weighted by atomic mass is 32.2. The minimum atomic E-state index is 0.198. The van der Waals surface area contributed by atoms with Gasteiger partial charge in [0.05, 0.1) is 11.7 Å². The Morgan fingerprint density at radius 3 is 2.94 bits per heavy atom. The highest BCUT2D eigenvalue weighted by molar-refractivity contribution is 7.99. The van der Waals surface area contributed by atoms with E-state index in [-0.39, 0.29) is 5.60 Å². The molecule has 3 fully saturated rings. The fourth-order valence-electron chi connectivity index (χ4n) is 3.29. The van der Waals surface area contributed by atoms with E-state index in [0.717, 1.165) is 19.6 Å². The molecule has 0 saturated carbocycles. The molecule has 17 heavy (non-hydrogen) atoms. The normalized spacial score (nSPS) is 46.8. The zero-order valence-corrected chi connectivity index (χ0v) is 11.4. The molecule has 1 N–H and O–H groups in total. The van der Waals surface area contributed by atoms with E-state index in [4.69, 9.17) is 9.47 Å². The van der Waals surface area contributed by atoms with Crippen LogP contribution in [0.15, 0.2) is 0 Å². The summed E-state index contributed by atoms with van der Waals surface area (Å²) in [5, 5.41) is 3.80. The van der Waals surface area contributed by atoms with Gasteiger partial charge in [-0.1, -0.05) is 0 Å². The molecule has 3 aliphatic heterocycles. The molecule has 4 atom stereocenters. The van der Waals surface area contributed by atoms with Crippen LogP contribution >= 0.6 is 11.8 Å². The van der Waals surface area contributed by atoms with Gasteiger partial charge in [-0.25, -0.2) is 0 Å². The van der Waals surface area contributed by atoms with Gasteiger partial charge in [0.2, 0.25) is 0 Å². The van der Waals surface area contributed by atoms with Crippen LogP contribution in [0.1, 0.15) is 32.6 Å². The molecular weight excluding hydrogens is 234 g/mol. The predicted octanol–water partition coefficient (Wildman–Crippen LogP) is 1.81. The molecule has 0 aromatic rings. The Morgan fingerprint density at radius 2 is 2.24 bits per heavy atom. The van der Waals surface area contributed by atoms with Gasteiger partial charge in [-0.3, -0.25) is 0 Å². The summed E-state index contributed by atoms with van der Waals surface area (Å²) in [5.74, 6) is 2.47. The monoisotopic (exact) mass is 257 g/mol. The molecule has 4 heteroatoms. The molecular formula is C13H23NO2S. The first-order valence-corrected chi connectivity index (χ1v) is 8.02. The van der Waals surface area contributed by atoms with Crippen molar-refractivity contribution in [3.05, 3.63) is 0 Å². The van der Waals surface area contributed by atoms with Gasteiger partial charge in [-0.2, -0.15) is 11.8 Å². The summed E-state index contributed by atoms with van der Waals surface area (Å²) in [6.45, 7) is 4.04. The number of hydrogen-bond donors (Lipinski definition) is 1. The van der Waals surface area contributed by atoms with Crippen LogP contribution in [-0.4, -0.2) is 48.5 Å². The molecule has 0 bridgehead atoms. The van der Waals surface area contributed by atoms with Crippen molar-refractivity contribution in [2.24, 2.45) is 0 Å². The van der Waals surface area contributed by atoms with Crippen molar-refractivity contribution in [2.75, 3.05) is 24.7 Å². The van der Waals surface area contributed by atoms with Gasteiger partial charge in [-0.05, 0) is 38.4 Å². The summed E-state index contributed by atoms with van der Waals surface area (Å²) in [7, 11) is 0. The molecule has 1 spiro atoms. The fourth-order valence-corrected chi connectivity index (χ4v) is 4.66. The van der Waals surface area contributed by atoms with Crippen molar-refractivity contribution in [1.82, 2.24) is 5.32 Å². The Balaban J connectivity index is 1.56. The van der Waals surface area contributed by atoms with Crippen molar-refractivity contribution >= 4 is 11.8 Å². The number of nitrogens with one attached hydrogen (secondary N) is 1. The Morgan fingerprint density at radius 1 is 1.29 bits per heavy atom. The van der Waals surface area contributed by atoms with Crippen LogP contribution in [0.4, 0.5) is 0 Å². The van der Waals surface area contributed by atoms with Crippen LogP contribution in [0.5, 0.6) is 0 Å². The maximum atomic E-state index is 6.06.